The first-order valence-corrected chi connectivity index (χ1v) is 13.1. The number of hydrogen-bond donors (Lipinski definition) is 0. The standard InChI is InChI=1S/C26H25N3O4S/c1-26(2)21-13-17(25(31)28-8-10-29(11-9-28)34(3,32)33)5-7-20(21)24(30)23-19-6-4-16(15-27)12-18(19)14-22(23)26/h4-7,12-13H,8-11,14H2,1-3H3. The molecule has 1 aliphatic heterocycles. The molecule has 0 atom stereocenters. The number of carbonyl (C=O) groups is 2. The van der Waals surface area contributed by atoms with E-state index < -0.39 is 15.4 Å². The molecule has 1 saturated heterocycles. The predicted octanol–water partition coefficient (Wildman–Crippen LogP) is 2.76. The lowest BCUT2D eigenvalue weighted by molar-refractivity contribution is 0.0697. The van der Waals surface area contributed by atoms with Crippen molar-refractivity contribution in [2.24, 2.45) is 0 Å². The minimum absolute atomic E-state index is 0.0476. The zero-order valence-electron chi connectivity index (χ0n) is 19.4. The highest BCUT2D eigenvalue weighted by Crippen LogP contribution is 2.50. The van der Waals surface area contributed by atoms with Gasteiger partial charge in [-0.1, -0.05) is 19.9 Å². The van der Waals surface area contributed by atoms with Gasteiger partial charge in [0, 0.05) is 48.3 Å². The molecule has 8 heteroatoms. The van der Waals surface area contributed by atoms with Crippen LogP contribution < -0.4 is 0 Å². The molecule has 0 saturated carbocycles. The molecule has 0 radical (unpaired) electrons. The fourth-order valence-electron chi connectivity index (χ4n) is 5.38. The maximum Gasteiger partial charge on any atom is 0.253 e. The Morgan fingerprint density at radius 3 is 2.35 bits per heavy atom. The lowest BCUT2D eigenvalue weighted by atomic mass is 9.68. The normalized spacial score (nSPS) is 19.4. The monoisotopic (exact) mass is 475 g/mol. The van der Waals surface area contributed by atoms with Crippen LogP contribution in [0.1, 0.15) is 56.8 Å². The van der Waals surface area contributed by atoms with Crippen LogP contribution >= 0.6 is 0 Å². The zero-order valence-corrected chi connectivity index (χ0v) is 20.2. The van der Waals surface area contributed by atoms with Gasteiger partial charge in [0.2, 0.25) is 10.0 Å². The summed E-state index contributed by atoms with van der Waals surface area (Å²) in [5, 5.41) is 9.27. The third-order valence-corrected chi connectivity index (χ3v) is 8.64. The fourth-order valence-corrected chi connectivity index (χ4v) is 6.21. The Labute approximate surface area is 199 Å². The number of Topliss-reactive ketones (excluding diaryl/α,β-unsaturated/α-hetero) is 1. The van der Waals surface area contributed by atoms with Gasteiger partial charge in [-0.2, -0.15) is 9.57 Å². The molecule has 2 aliphatic carbocycles. The van der Waals surface area contributed by atoms with E-state index in [2.05, 4.69) is 19.9 Å². The topological polar surface area (TPSA) is 98.6 Å². The fraction of sp³-hybridized carbons (Fsp3) is 0.346. The average Bonchev–Trinajstić information content (AvgIpc) is 3.21. The van der Waals surface area contributed by atoms with Gasteiger partial charge in [-0.15, -0.1) is 0 Å². The van der Waals surface area contributed by atoms with Gasteiger partial charge in [-0.3, -0.25) is 9.59 Å². The van der Waals surface area contributed by atoms with Crippen LogP contribution in [0.3, 0.4) is 0 Å². The molecule has 1 fully saturated rings. The third kappa shape index (κ3) is 3.39. The quantitative estimate of drug-likeness (QED) is 0.665. The minimum Gasteiger partial charge on any atom is -0.336 e. The van der Waals surface area contributed by atoms with Crippen molar-refractivity contribution in [1.82, 2.24) is 9.21 Å². The summed E-state index contributed by atoms with van der Waals surface area (Å²) in [6, 6.07) is 12.9. The number of nitriles is 1. The number of carbonyl (C=O) groups excluding carboxylic acids is 2. The molecule has 3 aliphatic rings. The number of rotatable bonds is 2. The number of benzene rings is 2. The molecule has 5 rings (SSSR count). The molecule has 174 valence electrons. The number of hydrogen-bond acceptors (Lipinski definition) is 5. The van der Waals surface area contributed by atoms with E-state index in [1.807, 2.05) is 18.2 Å². The molecule has 7 nitrogen and oxygen atoms in total. The molecule has 0 N–H and O–H groups in total. The lowest BCUT2D eigenvalue weighted by Gasteiger charge is -2.36. The van der Waals surface area contributed by atoms with E-state index >= 15 is 0 Å². The Morgan fingerprint density at radius 1 is 1.03 bits per heavy atom. The van der Waals surface area contributed by atoms with Gasteiger partial charge >= 0.3 is 0 Å². The van der Waals surface area contributed by atoms with E-state index in [1.165, 1.54) is 10.6 Å². The highest BCUT2D eigenvalue weighted by molar-refractivity contribution is 7.88. The number of ketones is 1. The molecule has 2 aromatic rings. The van der Waals surface area contributed by atoms with Gasteiger partial charge in [0.15, 0.2) is 5.78 Å². The third-order valence-electron chi connectivity index (χ3n) is 7.33. The highest BCUT2D eigenvalue weighted by atomic mass is 32.2. The second kappa shape index (κ2) is 7.62. The highest BCUT2D eigenvalue weighted by Gasteiger charge is 2.43. The van der Waals surface area contributed by atoms with Crippen LogP contribution in [0, 0.1) is 11.3 Å². The van der Waals surface area contributed by atoms with E-state index in [4.69, 9.17) is 0 Å². The summed E-state index contributed by atoms with van der Waals surface area (Å²) in [7, 11) is -3.27. The molecular weight excluding hydrogens is 450 g/mol. The smallest absolute Gasteiger partial charge is 0.253 e. The number of amides is 1. The molecule has 1 amide bonds. The van der Waals surface area contributed by atoms with E-state index in [9.17, 15) is 23.3 Å². The summed E-state index contributed by atoms with van der Waals surface area (Å²) in [5.41, 5.74) is 5.64. The number of allylic oxidation sites excluding steroid dienone is 2. The Bertz CT molecular complexity index is 1440. The van der Waals surface area contributed by atoms with Crippen molar-refractivity contribution in [3.8, 4) is 6.07 Å². The summed E-state index contributed by atoms with van der Waals surface area (Å²) < 4.78 is 24.9. The van der Waals surface area contributed by atoms with Gasteiger partial charge in [-0.05, 0) is 59.0 Å². The van der Waals surface area contributed by atoms with Gasteiger partial charge in [0.1, 0.15) is 0 Å². The van der Waals surface area contributed by atoms with Crippen molar-refractivity contribution >= 4 is 27.3 Å². The number of sulfonamides is 1. The van der Waals surface area contributed by atoms with Gasteiger partial charge in [-0.25, -0.2) is 8.42 Å². The maximum absolute atomic E-state index is 13.5. The molecule has 1 heterocycles. The van der Waals surface area contributed by atoms with Gasteiger partial charge < -0.3 is 4.90 Å². The first-order valence-electron chi connectivity index (χ1n) is 11.2. The van der Waals surface area contributed by atoms with Crippen LogP contribution in [0.15, 0.2) is 42.0 Å². The predicted molar refractivity (Wildman–Crippen MR) is 128 cm³/mol. The molecular formula is C26H25N3O4S. The number of fused-ring (bicyclic) bond motifs is 3. The van der Waals surface area contributed by atoms with Gasteiger partial charge in [0.25, 0.3) is 5.91 Å². The molecule has 34 heavy (non-hydrogen) atoms. The van der Waals surface area contributed by atoms with Crippen molar-refractivity contribution in [2.45, 2.75) is 25.7 Å². The van der Waals surface area contributed by atoms with E-state index in [0.717, 1.165) is 22.3 Å². The second-order valence-corrected chi connectivity index (χ2v) is 11.7. The number of piperazine rings is 1. The van der Waals surface area contributed by atoms with Crippen molar-refractivity contribution in [2.75, 3.05) is 32.4 Å². The first-order chi connectivity index (χ1) is 16.0. The molecule has 0 unspecified atom stereocenters. The molecule has 0 bridgehead atoms. The lowest BCUT2D eigenvalue weighted by Crippen LogP contribution is -2.50. The maximum atomic E-state index is 13.5. The van der Waals surface area contributed by atoms with Crippen LogP contribution in [-0.2, 0) is 21.9 Å². The Morgan fingerprint density at radius 2 is 1.71 bits per heavy atom. The first kappa shape index (κ1) is 22.5. The van der Waals surface area contributed by atoms with Crippen molar-refractivity contribution in [1.29, 1.82) is 5.26 Å². The van der Waals surface area contributed by atoms with Crippen molar-refractivity contribution in [3.05, 3.63) is 75.4 Å². The van der Waals surface area contributed by atoms with Crippen molar-refractivity contribution < 1.29 is 18.0 Å². The number of nitrogens with zero attached hydrogens (tertiary/aromatic N) is 3. The van der Waals surface area contributed by atoms with Crippen LogP contribution in [0.2, 0.25) is 0 Å². The summed E-state index contributed by atoms with van der Waals surface area (Å²) in [6.07, 6.45) is 1.78. The summed E-state index contributed by atoms with van der Waals surface area (Å²) >= 11 is 0. The second-order valence-electron chi connectivity index (χ2n) is 9.68. The summed E-state index contributed by atoms with van der Waals surface area (Å²) in [4.78, 5) is 28.4. The molecule has 0 spiro atoms. The van der Waals surface area contributed by atoms with E-state index in [1.54, 1.807) is 23.1 Å². The molecule has 2 aromatic carbocycles. The average molecular weight is 476 g/mol. The molecule has 0 aromatic heterocycles. The Balaban J connectivity index is 1.47. The Hall–Kier alpha value is -3.28. The minimum atomic E-state index is -3.27. The zero-order chi connectivity index (χ0) is 24.4. The SMILES string of the molecule is CC1(C)C2=C(C(=O)c3ccc(C(=O)N4CCN(S(C)(=O)=O)CC4)cc31)c1ccc(C#N)cc1C2. The Kier molecular flexibility index (Phi) is 5.04. The van der Waals surface area contributed by atoms with Crippen LogP contribution in [0.5, 0.6) is 0 Å². The van der Waals surface area contributed by atoms with E-state index in [0.29, 0.717) is 41.8 Å². The van der Waals surface area contributed by atoms with E-state index in [-0.39, 0.29) is 24.8 Å². The summed E-state index contributed by atoms with van der Waals surface area (Å²) in [6.45, 7) is 5.36. The van der Waals surface area contributed by atoms with Crippen molar-refractivity contribution in [3.63, 3.8) is 0 Å². The van der Waals surface area contributed by atoms with Crippen LogP contribution in [0.25, 0.3) is 5.57 Å². The summed E-state index contributed by atoms with van der Waals surface area (Å²) in [5.74, 6) is -0.208. The van der Waals surface area contributed by atoms with Gasteiger partial charge in [0.05, 0.1) is 17.9 Å². The van der Waals surface area contributed by atoms with Crippen LogP contribution in [-0.4, -0.2) is 61.7 Å². The van der Waals surface area contributed by atoms with Crippen LogP contribution in [0.4, 0.5) is 0 Å². The largest absolute Gasteiger partial charge is 0.336 e.